The first-order valence-corrected chi connectivity index (χ1v) is 8.14. The molecule has 2 unspecified atom stereocenters. The summed E-state index contributed by atoms with van der Waals surface area (Å²) >= 11 is 0. The number of unbranched alkanes of at least 4 members (excludes halogenated alkanes) is 7. The van der Waals surface area contributed by atoms with Crippen LogP contribution in [-0.2, 0) is 19.1 Å². The van der Waals surface area contributed by atoms with Gasteiger partial charge in [-0.25, -0.2) is 9.59 Å². The van der Waals surface area contributed by atoms with E-state index in [2.05, 4.69) is 0 Å². The maximum Gasteiger partial charge on any atom is 0.334 e. The van der Waals surface area contributed by atoms with E-state index in [0.717, 1.165) is 51.4 Å². The lowest BCUT2D eigenvalue weighted by molar-refractivity contribution is -0.153. The summed E-state index contributed by atoms with van der Waals surface area (Å²) in [6.07, 6.45) is 6.07. The van der Waals surface area contributed by atoms with Gasteiger partial charge in [-0.3, -0.25) is 0 Å². The molecule has 0 heterocycles. The van der Waals surface area contributed by atoms with Crippen LogP contribution < -0.4 is 0 Å². The molecule has 0 rings (SSSR count). The van der Waals surface area contributed by atoms with Gasteiger partial charge in [-0.2, -0.15) is 0 Å². The first-order valence-electron chi connectivity index (χ1n) is 8.14. The fraction of sp³-hybridized carbons (Fsp3) is 0.875. The lowest BCUT2D eigenvalue weighted by Crippen LogP contribution is -2.19. The summed E-state index contributed by atoms with van der Waals surface area (Å²) in [7, 11) is 0. The van der Waals surface area contributed by atoms with Gasteiger partial charge < -0.3 is 19.7 Å². The lowest BCUT2D eigenvalue weighted by atomic mass is 10.1. The van der Waals surface area contributed by atoms with Crippen LogP contribution in [0.5, 0.6) is 0 Å². The van der Waals surface area contributed by atoms with E-state index >= 15 is 0 Å². The van der Waals surface area contributed by atoms with Gasteiger partial charge in [0.15, 0.2) is 0 Å². The number of esters is 2. The third kappa shape index (κ3) is 12.6. The van der Waals surface area contributed by atoms with E-state index in [9.17, 15) is 9.59 Å². The normalized spacial score (nSPS) is 13.5. The molecule has 0 saturated carbocycles. The minimum Gasteiger partial charge on any atom is -0.464 e. The molecule has 0 aromatic heterocycles. The predicted molar refractivity (Wildman–Crippen MR) is 82.2 cm³/mol. The van der Waals surface area contributed by atoms with Crippen molar-refractivity contribution in [2.24, 2.45) is 0 Å². The predicted octanol–water partition coefficient (Wildman–Crippen LogP) is 1.96. The van der Waals surface area contributed by atoms with Gasteiger partial charge in [0, 0.05) is 0 Å². The summed E-state index contributed by atoms with van der Waals surface area (Å²) < 4.78 is 9.73. The van der Waals surface area contributed by atoms with Crippen molar-refractivity contribution in [1.82, 2.24) is 0 Å². The van der Waals surface area contributed by atoms with Gasteiger partial charge >= 0.3 is 11.9 Å². The molecule has 2 atom stereocenters. The number of aliphatic hydroxyl groups excluding tert-OH is 2. The Labute approximate surface area is 132 Å². The average Bonchev–Trinajstić information content (AvgIpc) is 2.47. The molecule has 0 aliphatic carbocycles. The van der Waals surface area contributed by atoms with Crippen molar-refractivity contribution < 1.29 is 29.3 Å². The van der Waals surface area contributed by atoms with E-state index in [1.807, 2.05) is 0 Å². The van der Waals surface area contributed by atoms with Gasteiger partial charge in [-0.1, -0.05) is 38.5 Å². The second kappa shape index (κ2) is 13.5. The van der Waals surface area contributed by atoms with E-state index in [4.69, 9.17) is 19.7 Å². The van der Waals surface area contributed by atoms with Crippen molar-refractivity contribution in [3.05, 3.63) is 0 Å². The van der Waals surface area contributed by atoms with Crippen LogP contribution in [0, 0.1) is 0 Å². The van der Waals surface area contributed by atoms with E-state index in [1.54, 1.807) is 0 Å². The standard InChI is InChI=1S/C16H30O6/c1-13(17)15(19)21-11-9-7-5-3-4-6-8-10-12-22-16(20)14(2)18/h13-14,17-18H,3-12H2,1-2H3. The molecule has 0 amide bonds. The van der Waals surface area contributed by atoms with Gasteiger partial charge in [-0.05, 0) is 26.7 Å². The number of carbonyl (C=O) groups excluding carboxylic acids is 2. The highest BCUT2D eigenvalue weighted by molar-refractivity contribution is 5.74. The average molecular weight is 318 g/mol. The summed E-state index contributed by atoms with van der Waals surface area (Å²) in [5.41, 5.74) is 0. The summed E-state index contributed by atoms with van der Waals surface area (Å²) in [4.78, 5) is 21.9. The molecule has 0 fully saturated rings. The monoisotopic (exact) mass is 318 g/mol. The van der Waals surface area contributed by atoms with Crippen LogP contribution >= 0.6 is 0 Å². The molecule has 2 N–H and O–H groups in total. The molecule has 6 heteroatoms. The second-order valence-corrected chi connectivity index (χ2v) is 5.52. The Balaban J connectivity index is 3.18. The first kappa shape index (κ1) is 20.9. The molecule has 6 nitrogen and oxygen atoms in total. The van der Waals surface area contributed by atoms with E-state index in [1.165, 1.54) is 13.8 Å². The van der Waals surface area contributed by atoms with Crippen molar-refractivity contribution in [3.8, 4) is 0 Å². The highest BCUT2D eigenvalue weighted by Crippen LogP contribution is 2.09. The summed E-state index contributed by atoms with van der Waals surface area (Å²) in [5, 5.41) is 17.9. The van der Waals surface area contributed by atoms with Gasteiger partial charge in [0.2, 0.25) is 0 Å². The van der Waals surface area contributed by atoms with Crippen molar-refractivity contribution >= 4 is 11.9 Å². The van der Waals surface area contributed by atoms with E-state index < -0.39 is 24.1 Å². The largest absolute Gasteiger partial charge is 0.464 e. The minimum absolute atomic E-state index is 0.373. The molecule has 0 bridgehead atoms. The number of carbonyl (C=O) groups is 2. The third-order valence-electron chi connectivity index (χ3n) is 3.21. The highest BCUT2D eigenvalue weighted by Gasteiger charge is 2.09. The van der Waals surface area contributed by atoms with Crippen LogP contribution in [0.2, 0.25) is 0 Å². The molecule has 0 aliphatic heterocycles. The molecule has 0 spiro atoms. The summed E-state index contributed by atoms with van der Waals surface area (Å²) in [6.45, 7) is 3.54. The number of hydrogen-bond acceptors (Lipinski definition) is 6. The molecule has 0 aliphatic rings. The van der Waals surface area contributed by atoms with Crippen LogP contribution in [0.3, 0.4) is 0 Å². The molecule has 0 aromatic carbocycles. The zero-order valence-corrected chi connectivity index (χ0v) is 13.8. The van der Waals surface area contributed by atoms with Crippen LogP contribution in [0.4, 0.5) is 0 Å². The zero-order chi connectivity index (χ0) is 16.8. The quantitative estimate of drug-likeness (QED) is 0.398. The molecule has 0 radical (unpaired) electrons. The van der Waals surface area contributed by atoms with Gasteiger partial charge in [0.1, 0.15) is 12.2 Å². The molecular weight excluding hydrogens is 288 g/mol. The Kier molecular flexibility index (Phi) is 12.8. The fourth-order valence-electron chi connectivity index (χ4n) is 1.85. The maximum atomic E-state index is 11.0. The maximum absolute atomic E-state index is 11.0. The molecular formula is C16H30O6. The van der Waals surface area contributed by atoms with Crippen molar-refractivity contribution in [2.45, 2.75) is 77.4 Å². The fourth-order valence-corrected chi connectivity index (χ4v) is 1.85. The summed E-state index contributed by atoms with van der Waals surface area (Å²) in [6, 6.07) is 0. The Morgan fingerprint density at radius 3 is 1.23 bits per heavy atom. The first-order chi connectivity index (χ1) is 10.4. The van der Waals surface area contributed by atoms with E-state index in [0.29, 0.717) is 13.2 Å². The Bertz CT molecular complexity index is 271. The SMILES string of the molecule is CC(O)C(=O)OCCCCCCCCCCOC(=O)C(C)O. The van der Waals surface area contributed by atoms with Gasteiger partial charge in [0.05, 0.1) is 13.2 Å². The van der Waals surface area contributed by atoms with Crippen molar-refractivity contribution in [3.63, 3.8) is 0 Å². The van der Waals surface area contributed by atoms with Crippen LogP contribution in [0.1, 0.15) is 65.2 Å². The van der Waals surface area contributed by atoms with E-state index in [-0.39, 0.29) is 0 Å². The minimum atomic E-state index is -1.04. The smallest absolute Gasteiger partial charge is 0.334 e. The Hall–Kier alpha value is -1.14. The molecule has 0 saturated heterocycles. The Morgan fingerprint density at radius 2 is 0.955 bits per heavy atom. The Morgan fingerprint density at radius 1 is 0.682 bits per heavy atom. The van der Waals surface area contributed by atoms with Gasteiger partial charge in [-0.15, -0.1) is 0 Å². The topological polar surface area (TPSA) is 93.1 Å². The van der Waals surface area contributed by atoms with Gasteiger partial charge in [0.25, 0.3) is 0 Å². The number of aliphatic hydroxyl groups is 2. The molecule has 130 valence electrons. The van der Waals surface area contributed by atoms with Crippen molar-refractivity contribution in [2.75, 3.05) is 13.2 Å². The van der Waals surface area contributed by atoms with Crippen LogP contribution in [0.25, 0.3) is 0 Å². The molecule has 0 aromatic rings. The highest BCUT2D eigenvalue weighted by atomic mass is 16.5. The van der Waals surface area contributed by atoms with Crippen molar-refractivity contribution in [1.29, 1.82) is 0 Å². The zero-order valence-electron chi connectivity index (χ0n) is 13.8. The molecule has 22 heavy (non-hydrogen) atoms. The number of hydrogen-bond donors (Lipinski definition) is 2. The second-order valence-electron chi connectivity index (χ2n) is 5.52. The number of rotatable bonds is 13. The van der Waals surface area contributed by atoms with Crippen LogP contribution in [-0.4, -0.2) is 47.6 Å². The number of ether oxygens (including phenoxy) is 2. The third-order valence-corrected chi connectivity index (χ3v) is 3.21. The lowest BCUT2D eigenvalue weighted by Gasteiger charge is -2.07. The van der Waals surface area contributed by atoms with Crippen LogP contribution in [0.15, 0.2) is 0 Å². The summed E-state index contributed by atoms with van der Waals surface area (Å²) in [5.74, 6) is -1.12.